The van der Waals surface area contributed by atoms with Gasteiger partial charge in [0, 0.05) is 16.8 Å². The van der Waals surface area contributed by atoms with Gasteiger partial charge in [-0.25, -0.2) is 4.79 Å². The summed E-state index contributed by atoms with van der Waals surface area (Å²) in [7, 11) is 0. The van der Waals surface area contributed by atoms with E-state index in [1.807, 2.05) is 31.2 Å². The molecule has 0 radical (unpaired) electrons. The predicted octanol–water partition coefficient (Wildman–Crippen LogP) is 4.54. The molecule has 130 valence electrons. The van der Waals surface area contributed by atoms with E-state index >= 15 is 0 Å². The van der Waals surface area contributed by atoms with Gasteiger partial charge >= 0.3 is 5.97 Å². The topological polar surface area (TPSA) is 55.4 Å². The Labute approximate surface area is 152 Å². The van der Waals surface area contributed by atoms with E-state index in [0.717, 1.165) is 16.7 Å². The molecule has 0 saturated heterocycles. The molecule has 0 aliphatic rings. The normalized spacial score (nSPS) is 12.0. The van der Waals surface area contributed by atoms with Crippen molar-refractivity contribution in [3.05, 3.63) is 70.3 Å². The molecule has 2 rings (SSSR count). The molecule has 0 bridgehead atoms. The van der Waals surface area contributed by atoms with Gasteiger partial charge in [-0.05, 0) is 50.1 Å². The number of esters is 1. The van der Waals surface area contributed by atoms with E-state index in [4.69, 9.17) is 16.3 Å². The standard InChI is InChI=1S/C20H20ClNO3/c1-13-6-4-7-16(12-13)10-11-19(23)25-15(3)20(24)22-18-9-5-8-17(21)14(18)2/h4-12,15H,1-3H3,(H,22,24)/b11-10+/t15-/m0/s1. The zero-order chi connectivity index (χ0) is 18.4. The summed E-state index contributed by atoms with van der Waals surface area (Å²) in [4.78, 5) is 24.1. The molecule has 0 aliphatic heterocycles. The number of benzene rings is 2. The third kappa shape index (κ3) is 5.47. The van der Waals surface area contributed by atoms with Crippen molar-refractivity contribution in [2.45, 2.75) is 26.9 Å². The van der Waals surface area contributed by atoms with Crippen molar-refractivity contribution >= 4 is 35.2 Å². The molecule has 1 atom stereocenters. The lowest BCUT2D eigenvalue weighted by Crippen LogP contribution is -2.29. The molecule has 0 aliphatic carbocycles. The molecule has 1 amide bonds. The zero-order valence-electron chi connectivity index (χ0n) is 14.4. The van der Waals surface area contributed by atoms with Crippen molar-refractivity contribution in [3.63, 3.8) is 0 Å². The number of halogens is 1. The van der Waals surface area contributed by atoms with Gasteiger partial charge in [-0.1, -0.05) is 47.5 Å². The predicted molar refractivity (Wildman–Crippen MR) is 101 cm³/mol. The fourth-order valence-corrected chi connectivity index (χ4v) is 2.36. The Morgan fingerprint density at radius 2 is 1.88 bits per heavy atom. The SMILES string of the molecule is Cc1cccc(/C=C/C(=O)O[C@@H](C)C(=O)Nc2cccc(Cl)c2C)c1. The van der Waals surface area contributed by atoms with Gasteiger partial charge in [0.25, 0.3) is 5.91 Å². The molecule has 0 unspecified atom stereocenters. The minimum atomic E-state index is -0.923. The van der Waals surface area contributed by atoms with Gasteiger partial charge in [-0.2, -0.15) is 0 Å². The van der Waals surface area contributed by atoms with Crippen LogP contribution in [0, 0.1) is 13.8 Å². The number of carbonyl (C=O) groups is 2. The number of rotatable bonds is 5. The van der Waals surface area contributed by atoms with Crippen molar-refractivity contribution in [1.82, 2.24) is 0 Å². The molecule has 0 aromatic heterocycles. The zero-order valence-corrected chi connectivity index (χ0v) is 15.1. The van der Waals surface area contributed by atoms with Gasteiger partial charge in [-0.15, -0.1) is 0 Å². The Kier molecular flexibility index (Phi) is 6.37. The maximum Gasteiger partial charge on any atom is 0.331 e. The minimum absolute atomic E-state index is 0.414. The van der Waals surface area contributed by atoms with Gasteiger partial charge in [-0.3, -0.25) is 4.79 Å². The number of ether oxygens (including phenoxy) is 1. The van der Waals surface area contributed by atoms with Gasteiger partial charge in [0.2, 0.25) is 0 Å². The molecule has 1 N–H and O–H groups in total. The Bertz CT molecular complexity index is 814. The summed E-state index contributed by atoms with van der Waals surface area (Å²) < 4.78 is 5.14. The number of amides is 1. The maximum absolute atomic E-state index is 12.2. The summed E-state index contributed by atoms with van der Waals surface area (Å²) in [5, 5.41) is 3.27. The third-order valence-corrected chi connectivity index (χ3v) is 4.05. The fourth-order valence-electron chi connectivity index (χ4n) is 2.18. The fraction of sp³-hybridized carbons (Fsp3) is 0.200. The van der Waals surface area contributed by atoms with Crippen molar-refractivity contribution in [3.8, 4) is 0 Å². The molecule has 0 spiro atoms. The molecule has 2 aromatic rings. The monoisotopic (exact) mass is 357 g/mol. The highest BCUT2D eigenvalue weighted by molar-refractivity contribution is 6.31. The quantitative estimate of drug-likeness (QED) is 0.631. The molecule has 25 heavy (non-hydrogen) atoms. The van der Waals surface area contributed by atoms with Crippen LogP contribution in [0.1, 0.15) is 23.6 Å². The van der Waals surface area contributed by atoms with Gasteiger partial charge < -0.3 is 10.1 Å². The van der Waals surface area contributed by atoms with Crippen molar-refractivity contribution < 1.29 is 14.3 Å². The van der Waals surface area contributed by atoms with Crippen molar-refractivity contribution in [1.29, 1.82) is 0 Å². The first-order valence-corrected chi connectivity index (χ1v) is 8.26. The van der Waals surface area contributed by atoms with Gasteiger partial charge in [0.15, 0.2) is 6.10 Å². The first-order valence-electron chi connectivity index (χ1n) is 7.88. The number of aryl methyl sites for hydroxylation is 1. The first-order chi connectivity index (χ1) is 11.9. The molecule has 4 nitrogen and oxygen atoms in total. The van der Waals surface area contributed by atoms with Crippen LogP contribution in [0.2, 0.25) is 5.02 Å². The summed E-state index contributed by atoms with van der Waals surface area (Å²) >= 11 is 6.03. The smallest absolute Gasteiger partial charge is 0.331 e. The number of hydrogen-bond donors (Lipinski definition) is 1. The van der Waals surface area contributed by atoms with Gasteiger partial charge in [0.05, 0.1) is 0 Å². The van der Waals surface area contributed by atoms with Crippen LogP contribution in [-0.2, 0) is 14.3 Å². The number of carbonyl (C=O) groups excluding carboxylic acids is 2. The van der Waals surface area contributed by atoms with Crippen LogP contribution in [0.25, 0.3) is 6.08 Å². The van der Waals surface area contributed by atoms with Crippen molar-refractivity contribution in [2.75, 3.05) is 5.32 Å². The van der Waals surface area contributed by atoms with Crippen LogP contribution in [0.3, 0.4) is 0 Å². The van der Waals surface area contributed by atoms with Crippen molar-refractivity contribution in [2.24, 2.45) is 0 Å². The Hall–Kier alpha value is -2.59. The number of anilines is 1. The Morgan fingerprint density at radius 1 is 1.16 bits per heavy atom. The molecule has 0 fully saturated rings. The largest absolute Gasteiger partial charge is 0.449 e. The molecular weight excluding hydrogens is 338 g/mol. The highest BCUT2D eigenvalue weighted by atomic mass is 35.5. The van der Waals surface area contributed by atoms with E-state index in [9.17, 15) is 9.59 Å². The molecule has 0 saturated carbocycles. The average Bonchev–Trinajstić information content (AvgIpc) is 2.57. The van der Waals surface area contributed by atoms with E-state index in [1.54, 1.807) is 31.2 Å². The van der Waals surface area contributed by atoms with Crippen LogP contribution >= 0.6 is 11.6 Å². The highest BCUT2D eigenvalue weighted by Crippen LogP contribution is 2.23. The highest BCUT2D eigenvalue weighted by Gasteiger charge is 2.17. The van der Waals surface area contributed by atoms with Crippen LogP contribution < -0.4 is 5.32 Å². The summed E-state index contributed by atoms with van der Waals surface area (Å²) in [5.41, 5.74) is 3.34. The molecule has 5 heteroatoms. The molecular formula is C20H20ClNO3. The average molecular weight is 358 g/mol. The lowest BCUT2D eigenvalue weighted by Gasteiger charge is -2.14. The summed E-state index contributed by atoms with van der Waals surface area (Å²) in [6, 6.07) is 12.9. The Morgan fingerprint density at radius 3 is 2.60 bits per heavy atom. The van der Waals surface area contributed by atoms with Crippen LogP contribution in [0.4, 0.5) is 5.69 Å². The van der Waals surface area contributed by atoms with Crippen LogP contribution in [-0.4, -0.2) is 18.0 Å². The van der Waals surface area contributed by atoms with E-state index in [2.05, 4.69) is 5.32 Å². The first kappa shape index (κ1) is 18.7. The lowest BCUT2D eigenvalue weighted by molar-refractivity contribution is -0.148. The maximum atomic E-state index is 12.2. The third-order valence-electron chi connectivity index (χ3n) is 3.64. The number of hydrogen-bond acceptors (Lipinski definition) is 3. The van der Waals surface area contributed by atoms with Gasteiger partial charge in [0.1, 0.15) is 0 Å². The van der Waals surface area contributed by atoms with Crippen LogP contribution in [0.15, 0.2) is 48.5 Å². The summed E-state index contributed by atoms with van der Waals surface area (Å²) in [6.07, 6.45) is 2.04. The summed E-state index contributed by atoms with van der Waals surface area (Å²) in [5.74, 6) is -0.991. The summed E-state index contributed by atoms with van der Waals surface area (Å²) in [6.45, 7) is 5.30. The van der Waals surface area contributed by atoms with E-state index in [-0.39, 0.29) is 0 Å². The van der Waals surface area contributed by atoms with Crippen LogP contribution in [0.5, 0.6) is 0 Å². The van der Waals surface area contributed by atoms with E-state index in [0.29, 0.717) is 10.7 Å². The lowest BCUT2D eigenvalue weighted by atomic mass is 10.1. The molecule has 2 aromatic carbocycles. The van der Waals surface area contributed by atoms with E-state index < -0.39 is 18.0 Å². The Balaban J connectivity index is 1.94. The second-order valence-electron chi connectivity index (χ2n) is 5.73. The molecule has 0 heterocycles. The number of nitrogens with one attached hydrogen (secondary N) is 1. The van der Waals surface area contributed by atoms with E-state index in [1.165, 1.54) is 13.0 Å². The second-order valence-corrected chi connectivity index (χ2v) is 6.14. The minimum Gasteiger partial charge on any atom is -0.449 e. The second kappa shape index (κ2) is 8.49.